The minimum atomic E-state index is -0.407. The second kappa shape index (κ2) is 8.78. The molecule has 1 aromatic carbocycles. The Bertz CT molecular complexity index is 1240. The third-order valence-corrected chi connectivity index (χ3v) is 6.73. The number of benzene rings is 1. The summed E-state index contributed by atoms with van der Waals surface area (Å²) in [6, 6.07) is 13.1. The van der Waals surface area contributed by atoms with Crippen molar-refractivity contribution in [3.63, 3.8) is 0 Å². The monoisotopic (exact) mass is 453 g/mol. The summed E-state index contributed by atoms with van der Waals surface area (Å²) in [6.45, 7) is 3.65. The summed E-state index contributed by atoms with van der Waals surface area (Å²) >= 11 is 2.60. The van der Waals surface area contributed by atoms with Gasteiger partial charge in [0.25, 0.3) is 5.91 Å². The molecular formula is C21H19N5O3S2. The molecule has 4 aromatic rings. The molecule has 0 fully saturated rings. The maximum absolute atomic E-state index is 13.1. The molecule has 3 N–H and O–H groups in total. The standard InChI is InChI=1S/C21H19N5O3S2/c1-12-8-9-16(29-12)18-15(10-26(25-18)14-6-4-3-5-7-14)19(28)24-21-23-13(2)20(31-21)30-11-17(22)27/h3-10H,11H2,1-2H3,(H2,22,27)(H,23,24,28). The topological polar surface area (TPSA) is 116 Å². The normalized spacial score (nSPS) is 10.9. The van der Waals surface area contributed by atoms with E-state index in [1.807, 2.05) is 50.2 Å². The van der Waals surface area contributed by atoms with E-state index in [9.17, 15) is 9.59 Å². The van der Waals surface area contributed by atoms with E-state index in [0.29, 0.717) is 22.1 Å². The number of carbonyl (C=O) groups excluding carboxylic acids is 2. The van der Waals surface area contributed by atoms with Crippen LogP contribution in [-0.2, 0) is 4.79 Å². The van der Waals surface area contributed by atoms with Crippen LogP contribution < -0.4 is 11.1 Å². The van der Waals surface area contributed by atoms with Gasteiger partial charge in [0, 0.05) is 6.20 Å². The molecule has 0 unspecified atom stereocenters. The maximum atomic E-state index is 13.1. The summed E-state index contributed by atoms with van der Waals surface area (Å²) in [5, 5.41) is 7.85. The van der Waals surface area contributed by atoms with Crippen LogP contribution in [0.5, 0.6) is 0 Å². The molecule has 0 bridgehead atoms. The molecule has 0 radical (unpaired) electrons. The van der Waals surface area contributed by atoms with Crippen molar-refractivity contribution in [2.45, 2.75) is 18.1 Å². The number of nitrogens with zero attached hydrogens (tertiary/aromatic N) is 3. The first kappa shape index (κ1) is 20.9. The second-order valence-corrected chi connectivity index (χ2v) is 8.93. The Balaban J connectivity index is 1.65. The average molecular weight is 454 g/mol. The van der Waals surface area contributed by atoms with Crippen LogP contribution in [0.2, 0.25) is 0 Å². The van der Waals surface area contributed by atoms with Gasteiger partial charge in [0.15, 0.2) is 10.9 Å². The Hall–Kier alpha value is -3.37. The first-order chi connectivity index (χ1) is 14.9. The number of para-hydroxylation sites is 1. The van der Waals surface area contributed by atoms with E-state index in [2.05, 4.69) is 15.4 Å². The van der Waals surface area contributed by atoms with Crippen LogP contribution in [0.25, 0.3) is 17.1 Å². The lowest BCUT2D eigenvalue weighted by Crippen LogP contribution is -2.12. The van der Waals surface area contributed by atoms with Crippen molar-refractivity contribution in [1.29, 1.82) is 0 Å². The lowest BCUT2D eigenvalue weighted by molar-refractivity contribution is -0.115. The molecular weight excluding hydrogens is 434 g/mol. The lowest BCUT2D eigenvalue weighted by atomic mass is 10.2. The van der Waals surface area contributed by atoms with Gasteiger partial charge in [-0.05, 0) is 38.1 Å². The fourth-order valence-corrected chi connectivity index (χ4v) is 4.74. The lowest BCUT2D eigenvalue weighted by Gasteiger charge is -2.00. The van der Waals surface area contributed by atoms with Crippen LogP contribution in [0.15, 0.2) is 57.3 Å². The molecule has 0 spiro atoms. The number of nitrogens with one attached hydrogen (secondary N) is 1. The first-order valence-corrected chi connectivity index (χ1v) is 11.1. The zero-order chi connectivity index (χ0) is 22.0. The van der Waals surface area contributed by atoms with Crippen LogP contribution in [0, 0.1) is 13.8 Å². The fraction of sp³-hybridized carbons (Fsp3) is 0.143. The number of aryl methyl sites for hydroxylation is 2. The molecule has 0 aliphatic heterocycles. The van der Waals surface area contributed by atoms with Gasteiger partial charge >= 0.3 is 0 Å². The molecule has 0 saturated carbocycles. The molecule has 3 heterocycles. The third kappa shape index (κ3) is 4.70. The van der Waals surface area contributed by atoms with Crippen LogP contribution in [0.1, 0.15) is 21.8 Å². The molecule has 4 rings (SSSR count). The summed E-state index contributed by atoms with van der Waals surface area (Å²) in [5.74, 6) is 0.622. The molecule has 0 aliphatic rings. The van der Waals surface area contributed by atoms with Crippen molar-refractivity contribution in [1.82, 2.24) is 14.8 Å². The van der Waals surface area contributed by atoms with Crippen molar-refractivity contribution >= 4 is 40.0 Å². The Labute approximate surface area is 186 Å². The number of hydrogen-bond acceptors (Lipinski definition) is 7. The number of amides is 2. The van der Waals surface area contributed by atoms with Gasteiger partial charge in [0.1, 0.15) is 11.5 Å². The van der Waals surface area contributed by atoms with Gasteiger partial charge in [0.2, 0.25) is 5.91 Å². The molecule has 31 heavy (non-hydrogen) atoms. The van der Waals surface area contributed by atoms with E-state index in [0.717, 1.165) is 21.4 Å². The molecule has 8 nitrogen and oxygen atoms in total. The smallest absolute Gasteiger partial charge is 0.261 e. The Morgan fingerprint density at radius 2 is 1.97 bits per heavy atom. The number of nitrogens with two attached hydrogens (primary N) is 1. The number of thiazole rings is 1. The zero-order valence-electron chi connectivity index (χ0n) is 16.8. The molecule has 0 saturated heterocycles. The summed E-state index contributed by atoms with van der Waals surface area (Å²) in [4.78, 5) is 28.6. The highest BCUT2D eigenvalue weighted by molar-refractivity contribution is 8.01. The molecule has 158 valence electrons. The maximum Gasteiger partial charge on any atom is 0.261 e. The van der Waals surface area contributed by atoms with Crippen LogP contribution in [-0.4, -0.2) is 32.3 Å². The van der Waals surface area contributed by atoms with Gasteiger partial charge in [-0.1, -0.05) is 29.5 Å². The second-order valence-electron chi connectivity index (χ2n) is 6.68. The molecule has 2 amide bonds. The number of primary amides is 1. The van der Waals surface area contributed by atoms with Gasteiger partial charge in [0.05, 0.1) is 26.9 Å². The highest BCUT2D eigenvalue weighted by atomic mass is 32.2. The van der Waals surface area contributed by atoms with Crippen molar-refractivity contribution in [2.75, 3.05) is 11.1 Å². The van der Waals surface area contributed by atoms with Crippen LogP contribution in [0.3, 0.4) is 0 Å². The van der Waals surface area contributed by atoms with E-state index in [1.54, 1.807) is 16.9 Å². The van der Waals surface area contributed by atoms with Crippen LogP contribution in [0.4, 0.5) is 5.13 Å². The molecule has 0 atom stereocenters. The van der Waals surface area contributed by atoms with E-state index in [4.69, 9.17) is 10.2 Å². The predicted molar refractivity (Wildman–Crippen MR) is 121 cm³/mol. The van der Waals surface area contributed by atoms with Crippen molar-refractivity contribution in [3.8, 4) is 17.1 Å². The van der Waals surface area contributed by atoms with Gasteiger partial charge < -0.3 is 10.2 Å². The van der Waals surface area contributed by atoms with Crippen molar-refractivity contribution < 1.29 is 14.0 Å². The highest BCUT2D eigenvalue weighted by Crippen LogP contribution is 2.33. The Morgan fingerprint density at radius 3 is 2.65 bits per heavy atom. The average Bonchev–Trinajstić information content (AvgIpc) is 3.45. The quantitative estimate of drug-likeness (QED) is 0.408. The van der Waals surface area contributed by atoms with Crippen molar-refractivity contribution in [2.24, 2.45) is 5.73 Å². The van der Waals surface area contributed by atoms with E-state index >= 15 is 0 Å². The number of carbonyl (C=O) groups is 2. The fourth-order valence-electron chi connectivity index (χ4n) is 2.87. The van der Waals surface area contributed by atoms with Gasteiger partial charge in [-0.3, -0.25) is 14.9 Å². The number of hydrogen-bond donors (Lipinski definition) is 2. The van der Waals surface area contributed by atoms with Gasteiger partial charge in [-0.15, -0.1) is 11.8 Å². The summed E-state index contributed by atoms with van der Waals surface area (Å²) < 4.78 is 8.19. The van der Waals surface area contributed by atoms with Crippen molar-refractivity contribution in [3.05, 3.63) is 65.7 Å². The number of furan rings is 1. The van der Waals surface area contributed by atoms with E-state index < -0.39 is 5.91 Å². The van der Waals surface area contributed by atoms with Gasteiger partial charge in [-0.25, -0.2) is 9.67 Å². The Kier molecular flexibility index (Phi) is 5.92. The Morgan fingerprint density at radius 1 is 1.19 bits per heavy atom. The largest absolute Gasteiger partial charge is 0.460 e. The number of aromatic nitrogens is 3. The number of thioether (sulfide) groups is 1. The third-order valence-electron chi connectivity index (χ3n) is 4.27. The van der Waals surface area contributed by atoms with Gasteiger partial charge in [-0.2, -0.15) is 5.10 Å². The molecule has 10 heteroatoms. The molecule has 0 aliphatic carbocycles. The minimum absolute atomic E-state index is 0.155. The highest BCUT2D eigenvalue weighted by Gasteiger charge is 2.22. The number of anilines is 1. The van der Waals surface area contributed by atoms with E-state index in [1.165, 1.54) is 23.1 Å². The summed E-state index contributed by atoms with van der Waals surface area (Å²) in [6.07, 6.45) is 1.67. The zero-order valence-corrected chi connectivity index (χ0v) is 18.4. The SMILES string of the molecule is Cc1ccc(-c2nn(-c3ccccc3)cc2C(=O)Nc2nc(C)c(SCC(N)=O)s2)o1. The minimum Gasteiger partial charge on any atom is -0.460 e. The summed E-state index contributed by atoms with van der Waals surface area (Å²) in [7, 11) is 0. The number of rotatable bonds is 7. The predicted octanol–water partition coefficient (Wildman–Crippen LogP) is 4.04. The van der Waals surface area contributed by atoms with E-state index in [-0.39, 0.29) is 11.7 Å². The first-order valence-electron chi connectivity index (χ1n) is 9.32. The molecule has 3 aromatic heterocycles. The van der Waals surface area contributed by atoms with Crippen LogP contribution >= 0.6 is 23.1 Å². The summed E-state index contributed by atoms with van der Waals surface area (Å²) in [5.41, 5.74) is 7.56.